The zero-order valence-electron chi connectivity index (χ0n) is 17.7. The number of benzene rings is 1. The maximum atomic E-state index is 5.55. The van der Waals surface area contributed by atoms with Crippen LogP contribution in [0.15, 0.2) is 36.9 Å². The van der Waals surface area contributed by atoms with Gasteiger partial charge in [0, 0.05) is 7.11 Å². The van der Waals surface area contributed by atoms with E-state index in [1.807, 2.05) is 7.11 Å². The van der Waals surface area contributed by atoms with Gasteiger partial charge >= 0.3 is 0 Å². The summed E-state index contributed by atoms with van der Waals surface area (Å²) in [4.78, 5) is 0. The average Bonchev–Trinajstić information content (AvgIpc) is 2.74. The Hall–Kier alpha value is -1.08. The molecule has 0 radical (unpaired) electrons. The smallest absolute Gasteiger partial charge is 0.0818 e. The summed E-state index contributed by atoms with van der Waals surface area (Å²) < 4.78 is 5.55. The lowest BCUT2D eigenvalue weighted by Crippen LogP contribution is -2.25. The largest absolute Gasteiger partial charge is 0.377 e. The molecule has 0 N–H and O–H groups in total. The molecule has 0 heterocycles. The highest BCUT2D eigenvalue weighted by Gasteiger charge is 2.30. The monoisotopic (exact) mass is 368 g/mol. The standard InChI is InChI=1S/C26H40O/c1-4-20-8-14-23(15-9-20)24-16-10-21(11-17-24)6-7-22-12-18-25(19-13-22)26(5-2)27-3/h4,12-13,18-21,23-24,26H,1,5-11,14-17H2,2-3H3/t20-,21-,23-,24-,26?. The highest BCUT2D eigenvalue weighted by molar-refractivity contribution is 5.24. The van der Waals surface area contributed by atoms with Crippen LogP contribution in [0.25, 0.3) is 0 Å². The Morgan fingerprint density at radius 1 is 0.963 bits per heavy atom. The third-order valence-corrected chi connectivity index (χ3v) is 7.56. The molecule has 0 aromatic heterocycles. The lowest BCUT2D eigenvalue weighted by Gasteiger charge is -2.37. The first kappa shape index (κ1) is 20.6. The third kappa shape index (κ3) is 5.70. The van der Waals surface area contributed by atoms with Crippen LogP contribution in [0.5, 0.6) is 0 Å². The summed E-state index contributed by atoms with van der Waals surface area (Å²) in [5.74, 6) is 3.79. The Bertz CT molecular complexity index is 540. The van der Waals surface area contributed by atoms with Crippen molar-refractivity contribution in [3.63, 3.8) is 0 Å². The Kier molecular flexibility index (Phi) is 8.00. The van der Waals surface area contributed by atoms with E-state index in [1.165, 1.54) is 75.3 Å². The molecule has 1 aromatic carbocycles. The molecule has 27 heavy (non-hydrogen) atoms. The molecule has 0 amide bonds. The number of hydrogen-bond donors (Lipinski definition) is 0. The van der Waals surface area contributed by atoms with Gasteiger partial charge in [-0.15, -0.1) is 6.58 Å². The zero-order chi connectivity index (χ0) is 19.1. The van der Waals surface area contributed by atoms with Crippen LogP contribution in [-0.2, 0) is 11.2 Å². The van der Waals surface area contributed by atoms with E-state index in [0.29, 0.717) is 0 Å². The normalized spacial score (nSPS) is 30.0. The van der Waals surface area contributed by atoms with Gasteiger partial charge in [-0.25, -0.2) is 0 Å². The summed E-state index contributed by atoms with van der Waals surface area (Å²) in [5.41, 5.74) is 2.81. The number of rotatable bonds is 8. The fraction of sp³-hybridized carbons (Fsp3) is 0.692. The Labute approximate surface area is 167 Å². The van der Waals surface area contributed by atoms with Crippen molar-refractivity contribution in [3.8, 4) is 0 Å². The van der Waals surface area contributed by atoms with Gasteiger partial charge in [-0.3, -0.25) is 0 Å². The summed E-state index contributed by atoms with van der Waals surface area (Å²) in [5, 5.41) is 0. The fourth-order valence-corrected chi connectivity index (χ4v) is 5.61. The zero-order valence-corrected chi connectivity index (χ0v) is 17.7. The Morgan fingerprint density at radius 2 is 1.56 bits per heavy atom. The Balaban J connectivity index is 1.39. The summed E-state index contributed by atoms with van der Waals surface area (Å²) >= 11 is 0. The quantitative estimate of drug-likeness (QED) is 0.431. The van der Waals surface area contributed by atoms with E-state index in [9.17, 15) is 0 Å². The molecular formula is C26H40O. The molecular weight excluding hydrogens is 328 g/mol. The molecule has 1 aromatic rings. The molecule has 2 aliphatic carbocycles. The fourth-order valence-electron chi connectivity index (χ4n) is 5.61. The van der Waals surface area contributed by atoms with Crippen LogP contribution >= 0.6 is 0 Å². The van der Waals surface area contributed by atoms with Crippen molar-refractivity contribution in [2.45, 2.75) is 83.7 Å². The lowest BCUT2D eigenvalue weighted by atomic mass is 9.68. The minimum Gasteiger partial charge on any atom is -0.377 e. The minimum absolute atomic E-state index is 0.246. The van der Waals surface area contributed by atoms with Gasteiger partial charge < -0.3 is 4.74 Å². The van der Waals surface area contributed by atoms with Gasteiger partial charge in [0.2, 0.25) is 0 Å². The van der Waals surface area contributed by atoms with Gasteiger partial charge in [0.25, 0.3) is 0 Å². The first-order valence-electron chi connectivity index (χ1n) is 11.5. The van der Waals surface area contributed by atoms with Gasteiger partial charge in [-0.2, -0.15) is 0 Å². The number of hydrogen-bond acceptors (Lipinski definition) is 1. The predicted molar refractivity (Wildman–Crippen MR) is 116 cm³/mol. The van der Waals surface area contributed by atoms with E-state index in [1.54, 1.807) is 0 Å². The molecule has 1 heteroatoms. The second kappa shape index (κ2) is 10.5. The van der Waals surface area contributed by atoms with Crippen molar-refractivity contribution < 1.29 is 4.74 Å². The third-order valence-electron chi connectivity index (χ3n) is 7.56. The second-order valence-corrected chi connectivity index (χ2v) is 9.10. The molecule has 0 saturated heterocycles. The van der Waals surface area contributed by atoms with Gasteiger partial charge in [-0.05, 0) is 92.6 Å². The number of allylic oxidation sites excluding steroid dienone is 1. The minimum atomic E-state index is 0.246. The van der Waals surface area contributed by atoms with Crippen molar-refractivity contribution in [1.82, 2.24) is 0 Å². The molecule has 2 aliphatic rings. The molecule has 2 fully saturated rings. The predicted octanol–water partition coefficient (Wildman–Crippen LogP) is 7.52. The topological polar surface area (TPSA) is 9.23 Å². The van der Waals surface area contributed by atoms with Crippen LogP contribution in [0.3, 0.4) is 0 Å². The van der Waals surface area contributed by atoms with E-state index in [0.717, 1.165) is 30.1 Å². The first-order chi connectivity index (χ1) is 13.2. The maximum Gasteiger partial charge on any atom is 0.0818 e. The van der Waals surface area contributed by atoms with Crippen LogP contribution in [0.1, 0.15) is 88.4 Å². The summed E-state index contributed by atoms with van der Waals surface area (Å²) in [7, 11) is 1.81. The van der Waals surface area contributed by atoms with E-state index >= 15 is 0 Å². The van der Waals surface area contributed by atoms with Crippen LogP contribution in [0.4, 0.5) is 0 Å². The first-order valence-corrected chi connectivity index (χ1v) is 11.5. The van der Waals surface area contributed by atoms with E-state index < -0.39 is 0 Å². The number of methoxy groups -OCH3 is 1. The van der Waals surface area contributed by atoms with Gasteiger partial charge in [0.1, 0.15) is 0 Å². The molecule has 0 aliphatic heterocycles. The average molecular weight is 369 g/mol. The van der Waals surface area contributed by atoms with E-state index in [2.05, 4.69) is 43.8 Å². The highest BCUT2D eigenvalue weighted by atomic mass is 16.5. The lowest BCUT2D eigenvalue weighted by molar-refractivity contribution is 0.100. The molecule has 0 bridgehead atoms. The SMILES string of the molecule is C=C[C@H]1CC[C@H]([C@H]2CC[C@H](CCc3ccc(C(CC)OC)cc3)CC2)CC1. The molecule has 1 nitrogen and oxygen atoms in total. The van der Waals surface area contributed by atoms with Crippen molar-refractivity contribution in [2.75, 3.05) is 7.11 Å². The van der Waals surface area contributed by atoms with Crippen LogP contribution in [-0.4, -0.2) is 7.11 Å². The molecule has 2 saturated carbocycles. The number of ether oxygens (including phenoxy) is 1. The number of aryl methyl sites for hydroxylation is 1. The van der Waals surface area contributed by atoms with Crippen LogP contribution < -0.4 is 0 Å². The second-order valence-electron chi connectivity index (χ2n) is 9.10. The summed E-state index contributed by atoms with van der Waals surface area (Å²) in [6.45, 7) is 6.18. The van der Waals surface area contributed by atoms with E-state index in [-0.39, 0.29) is 6.10 Å². The van der Waals surface area contributed by atoms with Gasteiger partial charge in [-0.1, -0.05) is 50.1 Å². The summed E-state index contributed by atoms with van der Waals surface area (Å²) in [6, 6.07) is 9.17. The van der Waals surface area contributed by atoms with Crippen LogP contribution in [0, 0.1) is 23.7 Å². The Morgan fingerprint density at radius 3 is 2.07 bits per heavy atom. The maximum absolute atomic E-state index is 5.55. The molecule has 1 unspecified atom stereocenters. The van der Waals surface area contributed by atoms with Crippen LogP contribution in [0.2, 0.25) is 0 Å². The molecule has 3 rings (SSSR count). The highest BCUT2D eigenvalue weighted by Crippen LogP contribution is 2.42. The van der Waals surface area contributed by atoms with E-state index in [4.69, 9.17) is 4.74 Å². The van der Waals surface area contributed by atoms with Gasteiger partial charge in [0.05, 0.1) is 6.10 Å². The molecule has 0 spiro atoms. The van der Waals surface area contributed by atoms with Crippen molar-refractivity contribution >= 4 is 0 Å². The molecule has 150 valence electrons. The van der Waals surface area contributed by atoms with Gasteiger partial charge in [0.15, 0.2) is 0 Å². The van der Waals surface area contributed by atoms with Crippen molar-refractivity contribution in [2.24, 2.45) is 23.7 Å². The molecule has 1 atom stereocenters. The summed E-state index contributed by atoms with van der Waals surface area (Å²) in [6.07, 6.45) is 17.7. The van der Waals surface area contributed by atoms with Crippen molar-refractivity contribution in [1.29, 1.82) is 0 Å². The van der Waals surface area contributed by atoms with Crippen molar-refractivity contribution in [3.05, 3.63) is 48.0 Å².